The summed E-state index contributed by atoms with van der Waals surface area (Å²) in [7, 11) is 0. The summed E-state index contributed by atoms with van der Waals surface area (Å²) >= 11 is 0. The van der Waals surface area contributed by atoms with Crippen LogP contribution in [0, 0.1) is 15.9 Å². The van der Waals surface area contributed by atoms with E-state index in [1.165, 1.54) is 0 Å². The normalized spacial score (nSPS) is 10.1. The van der Waals surface area contributed by atoms with E-state index >= 15 is 0 Å². The van der Waals surface area contributed by atoms with E-state index in [4.69, 9.17) is 4.74 Å². The molecule has 0 bridgehead atoms. The second-order valence-corrected chi connectivity index (χ2v) is 4.01. The Morgan fingerprint density at radius 3 is 2.65 bits per heavy atom. The number of nitro groups is 1. The molecule has 1 N–H and O–H groups in total. The second-order valence-electron chi connectivity index (χ2n) is 4.01. The molecule has 0 aliphatic carbocycles. The van der Waals surface area contributed by atoms with E-state index in [-0.39, 0.29) is 11.4 Å². The smallest absolute Gasteiger partial charge is 0.292 e. The Bertz CT molecular complexity index is 590. The lowest BCUT2D eigenvalue weighted by atomic mass is 10.2. The number of para-hydroxylation sites is 1. The molecular formula is C14H13FN2O3. The zero-order chi connectivity index (χ0) is 14.4. The van der Waals surface area contributed by atoms with E-state index in [1.807, 2.05) is 30.3 Å². The van der Waals surface area contributed by atoms with Crippen LogP contribution in [-0.4, -0.2) is 18.1 Å². The molecular weight excluding hydrogens is 263 g/mol. The van der Waals surface area contributed by atoms with Crippen LogP contribution >= 0.6 is 0 Å². The van der Waals surface area contributed by atoms with E-state index in [9.17, 15) is 14.5 Å². The van der Waals surface area contributed by atoms with Crippen LogP contribution in [0.2, 0.25) is 0 Å². The van der Waals surface area contributed by atoms with Crippen molar-refractivity contribution < 1.29 is 14.1 Å². The fourth-order valence-electron chi connectivity index (χ4n) is 1.68. The van der Waals surface area contributed by atoms with Crippen molar-refractivity contribution >= 4 is 11.4 Å². The number of hydrogen-bond donors (Lipinski definition) is 1. The Morgan fingerprint density at radius 1 is 1.20 bits per heavy atom. The quantitative estimate of drug-likeness (QED) is 0.500. The number of anilines is 1. The van der Waals surface area contributed by atoms with Crippen molar-refractivity contribution in [2.24, 2.45) is 0 Å². The highest BCUT2D eigenvalue weighted by Crippen LogP contribution is 2.24. The number of ether oxygens (including phenoxy) is 1. The molecule has 0 aliphatic heterocycles. The lowest BCUT2D eigenvalue weighted by Gasteiger charge is -2.09. The van der Waals surface area contributed by atoms with E-state index in [0.29, 0.717) is 18.9 Å². The van der Waals surface area contributed by atoms with Gasteiger partial charge in [0.15, 0.2) is 0 Å². The van der Waals surface area contributed by atoms with E-state index in [2.05, 4.69) is 5.32 Å². The van der Waals surface area contributed by atoms with Crippen LogP contribution in [0.4, 0.5) is 15.8 Å². The third-order valence-electron chi connectivity index (χ3n) is 2.58. The first kappa shape index (κ1) is 13.8. The Balaban J connectivity index is 1.91. The van der Waals surface area contributed by atoms with Crippen molar-refractivity contribution in [1.82, 2.24) is 0 Å². The predicted molar refractivity (Wildman–Crippen MR) is 73.5 cm³/mol. The number of nitrogens with one attached hydrogen (secondary N) is 1. The van der Waals surface area contributed by atoms with Gasteiger partial charge in [0.25, 0.3) is 5.69 Å². The van der Waals surface area contributed by atoms with Crippen LogP contribution in [-0.2, 0) is 0 Å². The molecule has 0 saturated heterocycles. The molecule has 0 heterocycles. The molecule has 5 nitrogen and oxygen atoms in total. The van der Waals surface area contributed by atoms with Crippen molar-refractivity contribution in [3.63, 3.8) is 0 Å². The average Bonchev–Trinajstić information content (AvgIpc) is 2.44. The van der Waals surface area contributed by atoms with Gasteiger partial charge in [-0.25, -0.2) is 4.39 Å². The van der Waals surface area contributed by atoms with Gasteiger partial charge in [-0.1, -0.05) is 18.2 Å². The molecule has 0 aromatic heterocycles. The van der Waals surface area contributed by atoms with Crippen LogP contribution in [0.5, 0.6) is 5.75 Å². The van der Waals surface area contributed by atoms with Crippen molar-refractivity contribution in [2.45, 2.75) is 0 Å². The summed E-state index contributed by atoms with van der Waals surface area (Å²) in [6.07, 6.45) is 0. The number of halogens is 1. The first-order valence-electron chi connectivity index (χ1n) is 6.02. The van der Waals surface area contributed by atoms with Gasteiger partial charge in [-0.15, -0.1) is 0 Å². The van der Waals surface area contributed by atoms with Gasteiger partial charge < -0.3 is 10.1 Å². The summed E-state index contributed by atoms with van der Waals surface area (Å²) < 4.78 is 18.5. The molecule has 0 amide bonds. The molecule has 2 aromatic carbocycles. The number of rotatable bonds is 6. The Labute approximate surface area is 115 Å². The van der Waals surface area contributed by atoms with Crippen LogP contribution < -0.4 is 10.1 Å². The third kappa shape index (κ3) is 3.68. The van der Waals surface area contributed by atoms with E-state index in [0.717, 1.165) is 18.2 Å². The maximum Gasteiger partial charge on any atom is 0.292 e. The largest absolute Gasteiger partial charge is 0.492 e. The number of benzene rings is 2. The molecule has 0 fully saturated rings. The molecule has 2 aromatic rings. The molecule has 0 atom stereocenters. The molecule has 104 valence electrons. The van der Waals surface area contributed by atoms with Crippen molar-refractivity contribution in [1.29, 1.82) is 0 Å². The van der Waals surface area contributed by atoms with Crippen molar-refractivity contribution in [2.75, 3.05) is 18.5 Å². The minimum Gasteiger partial charge on any atom is -0.492 e. The topological polar surface area (TPSA) is 64.4 Å². The molecule has 0 spiro atoms. The van der Waals surface area contributed by atoms with Gasteiger partial charge in [-0.3, -0.25) is 10.1 Å². The number of nitro benzene ring substituents is 1. The molecule has 0 aliphatic rings. The summed E-state index contributed by atoms with van der Waals surface area (Å²) in [6.45, 7) is 0.650. The van der Waals surface area contributed by atoms with Gasteiger partial charge in [-0.2, -0.15) is 0 Å². The first-order chi connectivity index (χ1) is 9.66. The van der Waals surface area contributed by atoms with Gasteiger partial charge in [-0.05, 0) is 18.2 Å². The minimum absolute atomic E-state index is 0.145. The molecule has 0 radical (unpaired) electrons. The molecule has 0 saturated carbocycles. The van der Waals surface area contributed by atoms with Gasteiger partial charge in [0, 0.05) is 18.7 Å². The SMILES string of the molecule is O=[N+]([O-])c1ccc(F)cc1NCCOc1ccccc1. The molecule has 6 heteroatoms. The first-order valence-corrected chi connectivity index (χ1v) is 6.02. The zero-order valence-corrected chi connectivity index (χ0v) is 10.6. The number of hydrogen-bond acceptors (Lipinski definition) is 4. The average molecular weight is 276 g/mol. The van der Waals surface area contributed by atoms with E-state index < -0.39 is 10.7 Å². The predicted octanol–water partition coefficient (Wildman–Crippen LogP) is 3.22. The lowest BCUT2D eigenvalue weighted by molar-refractivity contribution is -0.384. The highest BCUT2D eigenvalue weighted by Gasteiger charge is 2.13. The third-order valence-corrected chi connectivity index (χ3v) is 2.58. The van der Waals surface area contributed by atoms with Gasteiger partial charge in [0.2, 0.25) is 0 Å². The van der Waals surface area contributed by atoms with Crippen molar-refractivity contribution in [3.05, 3.63) is 64.5 Å². The molecule has 20 heavy (non-hydrogen) atoms. The van der Waals surface area contributed by atoms with Crippen LogP contribution in [0.1, 0.15) is 0 Å². The lowest BCUT2D eigenvalue weighted by Crippen LogP contribution is -2.12. The maximum atomic E-state index is 13.1. The Morgan fingerprint density at radius 2 is 1.95 bits per heavy atom. The summed E-state index contributed by atoms with van der Waals surface area (Å²) in [5.74, 6) is 0.185. The Kier molecular flexibility index (Phi) is 4.49. The van der Waals surface area contributed by atoms with Crippen LogP contribution in [0.3, 0.4) is 0 Å². The molecule has 0 unspecified atom stereocenters. The fraction of sp³-hybridized carbons (Fsp3) is 0.143. The van der Waals surface area contributed by atoms with Gasteiger partial charge in [0.1, 0.15) is 23.9 Å². The Hall–Kier alpha value is -2.63. The highest BCUT2D eigenvalue weighted by molar-refractivity contribution is 5.61. The second kappa shape index (κ2) is 6.51. The summed E-state index contributed by atoms with van der Waals surface area (Å²) in [6, 6.07) is 12.5. The maximum absolute atomic E-state index is 13.1. The van der Waals surface area contributed by atoms with Crippen LogP contribution in [0.25, 0.3) is 0 Å². The van der Waals surface area contributed by atoms with Gasteiger partial charge >= 0.3 is 0 Å². The summed E-state index contributed by atoms with van der Waals surface area (Å²) in [5.41, 5.74) is -0.0160. The number of nitrogens with zero attached hydrogens (tertiary/aromatic N) is 1. The van der Waals surface area contributed by atoms with Crippen LogP contribution in [0.15, 0.2) is 48.5 Å². The summed E-state index contributed by atoms with van der Waals surface area (Å²) in [4.78, 5) is 10.2. The monoisotopic (exact) mass is 276 g/mol. The zero-order valence-electron chi connectivity index (χ0n) is 10.6. The summed E-state index contributed by atoms with van der Waals surface area (Å²) in [5, 5.41) is 13.6. The minimum atomic E-state index is -0.556. The van der Waals surface area contributed by atoms with E-state index in [1.54, 1.807) is 0 Å². The fourth-order valence-corrected chi connectivity index (χ4v) is 1.68. The molecule has 2 rings (SSSR count). The standard InChI is InChI=1S/C14H13FN2O3/c15-11-6-7-14(17(18)19)13(10-11)16-8-9-20-12-4-2-1-3-5-12/h1-7,10,16H,8-9H2. The highest BCUT2D eigenvalue weighted by atomic mass is 19.1. The van der Waals surface area contributed by atoms with Crippen molar-refractivity contribution in [3.8, 4) is 5.75 Å². The van der Waals surface area contributed by atoms with Gasteiger partial charge in [0.05, 0.1) is 4.92 Å².